The summed E-state index contributed by atoms with van der Waals surface area (Å²) in [4.78, 5) is 36.3. The Labute approximate surface area is 164 Å². The van der Waals surface area contributed by atoms with Crippen molar-refractivity contribution in [2.24, 2.45) is 5.73 Å². The van der Waals surface area contributed by atoms with Gasteiger partial charge in [-0.2, -0.15) is 0 Å². The van der Waals surface area contributed by atoms with Crippen LogP contribution in [-0.2, 0) is 4.79 Å². The van der Waals surface area contributed by atoms with E-state index in [0.717, 1.165) is 43.0 Å². The Bertz CT molecular complexity index is 829. The van der Waals surface area contributed by atoms with Gasteiger partial charge in [-0.25, -0.2) is 4.98 Å². The molecule has 0 aliphatic carbocycles. The molecule has 1 aromatic heterocycles. The van der Waals surface area contributed by atoms with Gasteiger partial charge in [0.25, 0.3) is 5.91 Å². The molecule has 8 heteroatoms. The predicted molar refractivity (Wildman–Crippen MR) is 108 cm³/mol. The van der Waals surface area contributed by atoms with Crippen molar-refractivity contribution in [3.63, 3.8) is 0 Å². The Morgan fingerprint density at radius 1 is 1.14 bits per heavy atom. The number of piperidine rings is 1. The van der Waals surface area contributed by atoms with Crippen LogP contribution in [0.4, 0.5) is 5.82 Å². The molecule has 148 valence electrons. The third kappa shape index (κ3) is 4.83. The lowest BCUT2D eigenvalue weighted by Gasteiger charge is -2.31. The molecule has 8 nitrogen and oxygen atoms in total. The summed E-state index contributed by atoms with van der Waals surface area (Å²) in [6, 6.07) is 7.50. The van der Waals surface area contributed by atoms with E-state index < -0.39 is 0 Å². The zero-order valence-electron chi connectivity index (χ0n) is 16.3. The minimum Gasteiger partial charge on any atom is -0.369 e. The van der Waals surface area contributed by atoms with Gasteiger partial charge in [0.1, 0.15) is 5.69 Å². The molecule has 0 radical (unpaired) electrons. The predicted octanol–water partition coefficient (Wildman–Crippen LogP) is 0.889. The second-order valence-electron chi connectivity index (χ2n) is 7.19. The summed E-state index contributed by atoms with van der Waals surface area (Å²) in [5.74, 6) is 0.373. The van der Waals surface area contributed by atoms with E-state index >= 15 is 0 Å². The molecule has 0 unspecified atom stereocenters. The molecule has 1 saturated heterocycles. The highest BCUT2D eigenvalue weighted by molar-refractivity contribution is 5.95. The largest absolute Gasteiger partial charge is 0.369 e. The first kappa shape index (κ1) is 19.8. The van der Waals surface area contributed by atoms with Crippen molar-refractivity contribution in [2.75, 3.05) is 38.6 Å². The molecule has 0 atom stereocenters. The average molecular weight is 382 g/mol. The zero-order valence-corrected chi connectivity index (χ0v) is 16.3. The highest BCUT2D eigenvalue weighted by Gasteiger charge is 2.22. The number of likely N-dealkylation sites (tertiary alicyclic amines) is 1. The van der Waals surface area contributed by atoms with Gasteiger partial charge in [-0.1, -0.05) is 12.1 Å². The maximum absolute atomic E-state index is 12.6. The average Bonchev–Trinajstić information content (AvgIpc) is 2.69. The van der Waals surface area contributed by atoms with Crippen LogP contribution in [0.15, 0.2) is 36.7 Å². The third-order valence-electron chi connectivity index (χ3n) is 4.83. The van der Waals surface area contributed by atoms with Gasteiger partial charge in [0, 0.05) is 56.7 Å². The SMILES string of the molecule is CN(C)c1nccnc1-c1ccc(C(=O)NC2CCN(CC(N)=O)CC2)cc1. The number of amides is 2. The fraction of sp³-hybridized carbons (Fsp3) is 0.400. The number of primary amides is 1. The van der Waals surface area contributed by atoms with E-state index in [-0.39, 0.29) is 24.4 Å². The topological polar surface area (TPSA) is 104 Å². The minimum absolute atomic E-state index is 0.0909. The van der Waals surface area contributed by atoms with Crippen molar-refractivity contribution in [3.8, 4) is 11.3 Å². The van der Waals surface area contributed by atoms with E-state index in [1.165, 1.54) is 0 Å². The molecule has 0 spiro atoms. The van der Waals surface area contributed by atoms with E-state index in [0.29, 0.717) is 5.56 Å². The number of nitrogens with zero attached hydrogens (tertiary/aromatic N) is 4. The molecule has 1 fully saturated rings. The number of anilines is 1. The molecular weight excluding hydrogens is 356 g/mol. The van der Waals surface area contributed by atoms with Gasteiger partial charge in [0.15, 0.2) is 5.82 Å². The van der Waals surface area contributed by atoms with Crippen LogP contribution in [0.1, 0.15) is 23.2 Å². The highest BCUT2D eigenvalue weighted by atomic mass is 16.2. The van der Waals surface area contributed by atoms with E-state index in [2.05, 4.69) is 15.3 Å². The van der Waals surface area contributed by atoms with Crippen LogP contribution in [0, 0.1) is 0 Å². The number of aromatic nitrogens is 2. The van der Waals surface area contributed by atoms with Crippen molar-refractivity contribution < 1.29 is 9.59 Å². The molecule has 1 aliphatic heterocycles. The molecule has 0 bridgehead atoms. The molecule has 2 amide bonds. The minimum atomic E-state index is -0.317. The van der Waals surface area contributed by atoms with E-state index in [9.17, 15) is 9.59 Å². The van der Waals surface area contributed by atoms with Crippen LogP contribution in [0.3, 0.4) is 0 Å². The summed E-state index contributed by atoms with van der Waals surface area (Å²) in [6.45, 7) is 1.79. The summed E-state index contributed by atoms with van der Waals surface area (Å²) < 4.78 is 0. The van der Waals surface area contributed by atoms with Crippen LogP contribution in [-0.4, -0.2) is 66.5 Å². The zero-order chi connectivity index (χ0) is 20.1. The summed E-state index contributed by atoms with van der Waals surface area (Å²) in [7, 11) is 3.84. The van der Waals surface area contributed by atoms with Gasteiger partial charge in [-0.3, -0.25) is 19.5 Å². The van der Waals surface area contributed by atoms with Gasteiger partial charge in [-0.05, 0) is 25.0 Å². The quantitative estimate of drug-likeness (QED) is 0.769. The lowest BCUT2D eigenvalue weighted by molar-refractivity contribution is -0.119. The van der Waals surface area contributed by atoms with Crippen molar-refractivity contribution in [1.29, 1.82) is 0 Å². The Balaban J connectivity index is 1.61. The lowest BCUT2D eigenvalue weighted by atomic mass is 10.0. The number of benzene rings is 1. The number of nitrogens with two attached hydrogens (primary N) is 1. The molecule has 1 aromatic carbocycles. The van der Waals surface area contributed by atoms with Gasteiger partial charge in [-0.15, -0.1) is 0 Å². The van der Waals surface area contributed by atoms with Gasteiger partial charge < -0.3 is 16.0 Å². The Hall–Kier alpha value is -3.00. The molecule has 3 N–H and O–H groups in total. The maximum atomic E-state index is 12.6. The first-order valence-corrected chi connectivity index (χ1v) is 9.34. The summed E-state index contributed by atoms with van der Waals surface area (Å²) in [5.41, 5.74) is 7.53. The number of rotatable bonds is 6. The monoisotopic (exact) mass is 382 g/mol. The second-order valence-corrected chi connectivity index (χ2v) is 7.19. The van der Waals surface area contributed by atoms with Crippen molar-refractivity contribution in [3.05, 3.63) is 42.2 Å². The number of carbonyl (C=O) groups excluding carboxylic acids is 2. The summed E-state index contributed by atoms with van der Waals surface area (Å²) in [5, 5.41) is 3.08. The lowest BCUT2D eigenvalue weighted by Crippen LogP contribution is -2.46. The van der Waals surface area contributed by atoms with E-state index in [1.54, 1.807) is 24.5 Å². The number of hydrogen-bond donors (Lipinski definition) is 2. The fourth-order valence-electron chi connectivity index (χ4n) is 3.37. The fourth-order valence-corrected chi connectivity index (χ4v) is 3.37. The molecule has 0 saturated carbocycles. The first-order valence-electron chi connectivity index (χ1n) is 9.34. The third-order valence-corrected chi connectivity index (χ3v) is 4.83. The van der Waals surface area contributed by atoms with Gasteiger partial charge in [0.05, 0.1) is 6.54 Å². The summed E-state index contributed by atoms with van der Waals surface area (Å²) >= 11 is 0. The second kappa shape index (κ2) is 8.79. The Morgan fingerprint density at radius 3 is 2.39 bits per heavy atom. The van der Waals surface area contributed by atoms with Crippen LogP contribution in [0.5, 0.6) is 0 Å². The highest BCUT2D eigenvalue weighted by Crippen LogP contribution is 2.25. The maximum Gasteiger partial charge on any atom is 0.251 e. The number of carbonyl (C=O) groups is 2. The Morgan fingerprint density at radius 2 is 1.79 bits per heavy atom. The molecule has 1 aliphatic rings. The molecule has 28 heavy (non-hydrogen) atoms. The van der Waals surface area contributed by atoms with E-state index in [4.69, 9.17) is 5.73 Å². The van der Waals surface area contributed by atoms with Crippen molar-refractivity contribution in [1.82, 2.24) is 20.2 Å². The number of hydrogen-bond acceptors (Lipinski definition) is 6. The van der Waals surface area contributed by atoms with Crippen molar-refractivity contribution in [2.45, 2.75) is 18.9 Å². The first-order chi connectivity index (χ1) is 13.4. The molecule has 2 aromatic rings. The van der Waals surface area contributed by atoms with Crippen LogP contribution < -0.4 is 16.0 Å². The van der Waals surface area contributed by atoms with Gasteiger partial charge >= 0.3 is 0 Å². The standard InChI is InChI=1S/C20H26N6O2/c1-25(2)19-18(22-9-10-23-19)14-3-5-15(6-4-14)20(28)24-16-7-11-26(12-8-16)13-17(21)27/h3-6,9-10,16H,7-8,11-13H2,1-2H3,(H2,21,27)(H,24,28). The molecule has 3 rings (SSSR count). The van der Waals surface area contributed by atoms with Crippen molar-refractivity contribution >= 4 is 17.6 Å². The van der Waals surface area contributed by atoms with Crippen LogP contribution >= 0.6 is 0 Å². The smallest absolute Gasteiger partial charge is 0.251 e. The number of nitrogens with one attached hydrogen (secondary N) is 1. The molecule has 2 heterocycles. The normalized spacial score (nSPS) is 15.2. The summed E-state index contributed by atoms with van der Waals surface area (Å²) in [6.07, 6.45) is 4.94. The van der Waals surface area contributed by atoms with E-state index in [1.807, 2.05) is 36.0 Å². The Kier molecular flexibility index (Phi) is 6.20. The molecular formula is C20H26N6O2. The van der Waals surface area contributed by atoms with Crippen LogP contribution in [0.25, 0.3) is 11.3 Å². The van der Waals surface area contributed by atoms with Gasteiger partial charge in [0.2, 0.25) is 5.91 Å². The van der Waals surface area contributed by atoms with Crippen LogP contribution in [0.2, 0.25) is 0 Å².